The quantitative estimate of drug-likeness (QED) is 0.883. The van der Waals surface area contributed by atoms with Crippen LogP contribution in [-0.4, -0.2) is 31.1 Å². The number of likely N-dealkylation sites (tertiary alicyclic amines) is 1. The Labute approximate surface area is 109 Å². The molecule has 1 saturated heterocycles. The number of nitrogens with zero attached hydrogens (tertiary/aromatic N) is 2. The number of nitriles is 1. The Balaban J connectivity index is 1.97. The van der Waals surface area contributed by atoms with Crippen molar-refractivity contribution >= 4 is 5.69 Å². The van der Waals surface area contributed by atoms with Crippen LogP contribution in [0.4, 0.5) is 5.69 Å². The molecule has 0 aliphatic carbocycles. The van der Waals surface area contributed by atoms with Crippen LogP contribution < -0.4 is 5.32 Å². The first-order valence-corrected chi connectivity index (χ1v) is 6.70. The summed E-state index contributed by atoms with van der Waals surface area (Å²) < 4.78 is 0. The summed E-state index contributed by atoms with van der Waals surface area (Å²) in [5.74, 6) is 0.705. The molecule has 0 spiro atoms. The van der Waals surface area contributed by atoms with Crippen molar-refractivity contribution in [3.05, 3.63) is 29.3 Å². The monoisotopic (exact) mass is 243 g/mol. The van der Waals surface area contributed by atoms with Crippen molar-refractivity contribution < 1.29 is 0 Å². The van der Waals surface area contributed by atoms with Gasteiger partial charge in [-0.05, 0) is 44.0 Å². The van der Waals surface area contributed by atoms with Gasteiger partial charge in [0.1, 0.15) is 6.07 Å². The zero-order chi connectivity index (χ0) is 13.0. The highest BCUT2D eigenvalue weighted by Gasteiger charge is 2.21. The Hall–Kier alpha value is -1.53. The van der Waals surface area contributed by atoms with Gasteiger partial charge in [-0.3, -0.25) is 0 Å². The molecule has 1 heterocycles. The van der Waals surface area contributed by atoms with E-state index in [2.05, 4.69) is 36.2 Å². The summed E-state index contributed by atoms with van der Waals surface area (Å²) in [5.41, 5.74) is 2.91. The van der Waals surface area contributed by atoms with E-state index < -0.39 is 0 Å². The van der Waals surface area contributed by atoms with Crippen LogP contribution in [-0.2, 0) is 0 Å². The van der Waals surface area contributed by atoms with Gasteiger partial charge in [0, 0.05) is 13.1 Å². The van der Waals surface area contributed by atoms with E-state index in [0.717, 1.165) is 29.9 Å². The molecule has 1 N–H and O–H groups in total. The normalized spacial score (nSPS) is 19.7. The van der Waals surface area contributed by atoms with E-state index >= 15 is 0 Å². The second-order valence-electron chi connectivity index (χ2n) is 5.04. The molecule has 3 nitrogen and oxygen atoms in total. The minimum absolute atomic E-state index is 0.705. The van der Waals surface area contributed by atoms with Gasteiger partial charge < -0.3 is 10.2 Å². The van der Waals surface area contributed by atoms with Crippen molar-refractivity contribution in [2.75, 3.05) is 31.5 Å². The summed E-state index contributed by atoms with van der Waals surface area (Å²) in [6.07, 6.45) is 1.26. The van der Waals surface area contributed by atoms with Gasteiger partial charge in [-0.1, -0.05) is 19.1 Å². The van der Waals surface area contributed by atoms with Crippen molar-refractivity contribution in [2.45, 2.75) is 20.3 Å². The third kappa shape index (κ3) is 2.83. The predicted molar refractivity (Wildman–Crippen MR) is 74.6 cm³/mol. The molecule has 0 bridgehead atoms. The van der Waals surface area contributed by atoms with Crippen LogP contribution in [0.15, 0.2) is 18.2 Å². The van der Waals surface area contributed by atoms with Gasteiger partial charge in [0.15, 0.2) is 0 Å². The topological polar surface area (TPSA) is 39.1 Å². The molecule has 1 aromatic rings. The molecule has 1 fully saturated rings. The minimum Gasteiger partial charge on any atom is -0.383 e. The first-order valence-electron chi connectivity index (χ1n) is 6.70. The average Bonchev–Trinajstić information content (AvgIpc) is 2.85. The number of hydrogen-bond acceptors (Lipinski definition) is 3. The third-order valence-corrected chi connectivity index (χ3v) is 3.78. The molecule has 2 rings (SSSR count). The van der Waals surface area contributed by atoms with Crippen molar-refractivity contribution in [1.29, 1.82) is 5.26 Å². The Morgan fingerprint density at radius 1 is 1.50 bits per heavy atom. The molecule has 3 heteroatoms. The number of benzene rings is 1. The molecular weight excluding hydrogens is 222 g/mol. The maximum absolute atomic E-state index is 9.12. The van der Waals surface area contributed by atoms with Crippen LogP contribution in [0.2, 0.25) is 0 Å². The summed E-state index contributed by atoms with van der Waals surface area (Å²) in [4.78, 5) is 2.48. The standard InChI is InChI=1S/C15H21N3/c1-3-18-8-7-13(11-18)10-17-15-12(2)5-4-6-14(15)9-16/h4-6,13,17H,3,7-8,10-11H2,1-2H3. The summed E-state index contributed by atoms with van der Waals surface area (Å²) >= 11 is 0. The van der Waals surface area contributed by atoms with E-state index in [4.69, 9.17) is 5.26 Å². The maximum atomic E-state index is 9.12. The average molecular weight is 243 g/mol. The highest BCUT2D eigenvalue weighted by molar-refractivity contribution is 5.62. The highest BCUT2D eigenvalue weighted by atomic mass is 15.1. The summed E-state index contributed by atoms with van der Waals surface area (Å²) in [7, 11) is 0. The van der Waals surface area contributed by atoms with E-state index in [9.17, 15) is 0 Å². The lowest BCUT2D eigenvalue weighted by molar-refractivity contribution is 0.345. The molecule has 0 amide bonds. The number of para-hydroxylation sites is 1. The van der Waals surface area contributed by atoms with Crippen molar-refractivity contribution in [1.82, 2.24) is 4.90 Å². The maximum Gasteiger partial charge on any atom is 0.101 e. The zero-order valence-corrected chi connectivity index (χ0v) is 11.2. The lowest BCUT2D eigenvalue weighted by atomic mass is 10.1. The van der Waals surface area contributed by atoms with E-state index in [0.29, 0.717) is 5.92 Å². The van der Waals surface area contributed by atoms with Crippen molar-refractivity contribution in [2.24, 2.45) is 5.92 Å². The lowest BCUT2D eigenvalue weighted by Gasteiger charge is -2.16. The molecule has 96 valence electrons. The van der Waals surface area contributed by atoms with E-state index in [1.165, 1.54) is 19.5 Å². The van der Waals surface area contributed by atoms with Gasteiger partial charge >= 0.3 is 0 Å². The molecule has 1 unspecified atom stereocenters. The Morgan fingerprint density at radius 2 is 2.33 bits per heavy atom. The van der Waals surface area contributed by atoms with Crippen LogP contribution in [0.1, 0.15) is 24.5 Å². The highest BCUT2D eigenvalue weighted by Crippen LogP contribution is 2.22. The number of nitrogens with one attached hydrogen (secondary N) is 1. The summed E-state index contributed by atoms with van der Waals surface area (Å²) in [6.45, 7) is 8.76. The Morgan fingerprint density at radius 3 is 3.00 bits per heavy atom. The predicted octanol–water partition coefficient (Wildman–Crippen LogP) is 2.62. The van der Waals surface area contributed by atoms with Crippen LogP contribution in [0.5, 0.6) is 0 Å². The van der Waals surface area contributed by atoms with Gasteiger partial charge in [0.25, 0.3) is 0 Å². The second kappa shape index (κ2) is 5.88. The number of aryl methyl sites for hydroxylation is 1. The SMILES string of the molecule is CCN1CCC(CNc2c(C)cccc2C#N)C1. The Kier molecular flexibility index (Phi) is 4.22. The molecule has 0 saturated carbocycles. The molecule has 1 aromatic carbocycles. The molecule has 0 aromatic heterocycles. The van der Waals surface area contributed by atoms with E-state index in [1.807, 2.05) is 12.1 Å². The van der Waals surface area contributed by atoms with Crippen molar-refractivity contribution in [3.8, 4) is 6.07 Å². The van der Waals surface area contributed by atoms with Gasteiger partial charge in [-0.2, -0.15) is 5.26 Å². The van der Waals surface area contributed by atoms with E-state index in [-0.39, 0.29) is 0 Å². The molecule has 0 radical (unpaired) electrons. The minimum atomic E-state index is 0.705. The largest absolute Gasteiger partial charge is 0.383 e. The van der Waals surface area contributed by atoms with Crippen LogP contribution in [0.25, 0.3) is 0 Å². The number of hydrogen-bond donors (Lipinski definition) is 1. The second-order valence-corrected chi connectivity index (χ2v) is 5.04. The number of rotatable bonds is 4. The van der Waals surface area contributed by atoms with Gasteiger partial charge in [-0.15, -0.1) is 0 Å². The van der Waals surface area contributed by atoms with Crippen LogP contribution >= 0.6 is 0 Å². The Bertz CT molecular complexity index is 448. The molecule has 1 aliphatic heterocycles. The van der Waals surface area contributed by atoms with Crippen LogP contribution in [0.3, 0.4) is 0 Å². The first-order chi connectivity index (χ1) is 8.74. The van der Waals surface area contributed by atoms with Gasteiger partial charge in [0.05, 0.1) is 11.3 Å². The van der Waals surface area contributed by atoms with Crippen molar-refractivity contribution in [3.63, 3.8) is 0 Å². The fourth-order valence-electron chi connectivity index (χ4n) is 2.61. The first kappa shape index (κ1) is 12.9. The molecule has 1 atom stereocenters. The fourth-order valence-corrected chi connectivity index (χ4v) is 2.61. The summed E-state index contributed by atoms with van der Waals surface area (Å²) in [6, 6.07) is 8.13. The molecule has 18 heavy (non-hydrogen) atoms. The zero-order valence-electron chi connectivity index (χ0n) is 11.2. The van der Waals surface area contributed by atoms with E-state index in [1.54, 1.807) is 0 Å². The molecule has 1 aliphatic rings. The summed E-state index contributed by atoms with van der Waals surface area (Å²) in [5, 5.41) is 12.6. The lowest BCUT2D eigenvalue weighted by Crippen LogP contribution is -2.22. The van der Waals surface area contributed by atoms with Crippen LogP contribution in [0, 0.1) is 24.2 Å². The van der Waals surface area contributed by atoms with Gasteiger partial charge in [-0.25, -0.2) is 0 Å². The third-order valence-electron chi connectivity index (χ3n) is 3.78. The van der Waals surface area contributed by atoms with Gasteiger partial charge in [0.2, 0.25) is 0 Å². The molecular formula is C15H21N3. The smallest absolute Gasteiger partial charge is 0.101 e. The number of anilines is 1. The fraction of sp³-hybridized carbons (Fsp3) is 0.533.